The zero-order valence-electron chi connectivity index (χ0n) is 17.1. The molecule has 5 unspecified atom stereocenters. The molecule has 0 spiro atoms. The summed E-state index contributed by atoms with van der Waals surface area (Å²) < 4.78 is 6.64. The van der Waals surface area contributed by atoms with Gasteiger partial charge in [-0.2, -0.15) is 0 Å². The molecule has 2 fully saturated rings. The molecule has 146 valence electrons. The Balaban J connectivity index is 1.42. The van der Waals surface area contributed by atoms with Crippen molar-refractivity contribution in [2.45, 2.75) is 90.6 Å². The third-order valence-electron chi connectivity index (χ3n) is 8.68. The monoisotopic (exact) mass is 366 g/mol. The van der Waals surface area contributed by atoms with Gasteiger partial charge in [0.05, 0.1) is 5.76 Å². The Morgan fingerprint density at radius 2 is 2.00 bits per heavy atom. The quantitative estimate of drug-likeness (QED) is 0.575. The highest BCUT2D eigenvalue weighted by Gasteiger charge is 2.55. The van der Waals surface area contributed by atoms with Crippen molar-refractivity contribution in [2.75, 3.05) is 0 Å². The fourth-order valence-corrected chi connectivity index (χ4v) is 7.12. The summed E-state index contributed by atoms with van der Waals surface area (Å²) in [6.45, 7) is 4.83. The van der Waals surface area contributed by atoms with E-state index in [1.165, 1.54) is 68.3 Å². The summed E-state index contributed by atoms with van der Waals surface area (Å²) in [7, 11) is 0. The molecule has 0 radical (unpaired) electrons. The van der Waals surface area contributed by atoms with E-state index in [2.05, 4.69) is 19.9 Å². The molecule has 0 aromatic heterocycles. The fraction of sp³-hybridized carbons (Fsp3) is 0.720. The van der Waals surface area contributed by atoms with Gasteiger partial charge in [-0.25, -0.2) is 0 Å². The maximum atomic E-state index is 12.0. The molecule has 5 aliphatic carbocycles. The first-order valence-corrected chi connectivity index (χ1v) is 11.4. The predicted molar refractivity (Wildman–Crippen MR) is 108 cm³/mol. The van der Waals surface area contributed by atoms with E-state index in [0.717, 1.165) is 31.1 Å². The van der Waals surface area contributed by atoms with Gasteiger partial charge in [0.15, 0.2) is 5.78 Å². The van der Waals surface area contributed by atoms with Crippen LogP contribution in [0.25, 0.3) is 0 Å². The molecule has 2 saturated carbocycles. The minimum atomic E-state index is 0.332. The van der Waals surface area contributed by atoms with Crippen molar-refractivity contribution in [1.82, 2.24) is 0 Å². The van der Waals surface area contributed by atoms with E-state index in [1.54, 1.807) is 5.57 Å². The van der Waals surface area contributed by atoms with Crippen molar-refractivity contribution in [3.63, 3.8) is 0 Å². The van der Waals surface area contributed by atoms with Gasteiger partial charge in [0.2, 0.25) is 0 Å². The molecule has 5 atom stereocenters. The van der Waals surface area contributed by atoms with Crippen molar-refractivity contribution in [1.29, 1.82) is 0 Å². The van der Waals surface area contributed by atoms with E-state index >= 15 is 0 Å². The Morgan fingerprint density at radius 1 is 1.11 bits per heavy atom. The molecule has 0 amide bonds. The second kappa shape index (κ2) is 6.64. The van der Waals surface area contributed by atoms with Crippen LogP contribution in [0.15, 0.2) is 34.6 Å². The zero-order valence-corrected chi connectivity index (χ0v) is 17.1. The SMILES string of the molecule is CC1=C2CCC3(C)C(OC4=CCCCC4)CCC3C2CC2CCC(=O)C=C12. The lowest BCUT2D eigenvalue weighted by molar-refractivity contribution is -0.115. The molecule has 2 nitrogen and oxygen atoms in total. The highest BCUT2D eigenvalue weighted by atomic mass is 16.5. The molecule has 0 aromatic carbocycles. The molecule has 0 saturated heterocycles. The Kier molecular flexibility index (Phi) is 4.37. The molecule has 0 aliphatic heterocycles. The van der Waals surface area contributed by atoms with E-state index in [0.29, 0.717) is 23.2 Å². The molecular formula is C25H34O2. The van der Waals surface area contributed by atoms with Crippen LogP contribution in [0, 0.1) is 23.2 Å². The van der Waals surface area contributed by atoms with Crippen LogP contribution in [0.1, 0.15) is 84.5 Å². The molecule has 0 aromatic rings. The summed E-state index contributed by atoms with van der Waals surface area (Å²) in [5.74, 6) is 3.75. The van der Waals surface area contributed by atoms with Crippen molar-refractivity contribution >= 4 is 5.78 Å². The predicted octanol–water partition coefficient (Wildman–Crippen LogP) is 6.28. The van der Waals surface area contributed by atoms with Crippen LogP contribution in [0.2, 0.25) is 0 Å². The van der Waals surface area contributed by atoms with E-state index in [1.807, 2.05) is 6.08 Å². The van der Waals surface area contributed by atoms with Crippen LogP contribution < -0.4 is 0 Å². The van der Waals surface area contributed by atoms with Gasteiger partial charge in [-0.3, -0.25) is 4.79 Å². The Morgan fingerprint density at radius 3 is 2.81 bits per heavy atom. The van der Waals surface area contributed by atoms with Crippen LogP contribution in [-0.2, 0) is 9.53 Å². The van der Waals surface area contributed by atoms with Crippen LogP contribution in [0.4, 0.5) is 0 Å². The number of fused-ring (bicyclic) bond motifs is 4. The number of allylic oxidation sites excluding steroid dienone is 6. The fourth-order valence-electron chi connectivity index (χ4n) is 7.12. The third kappa shape index (κ3) is 2.86. The molecule has 2 heteroatoms. The minimum Gasteiger partial charge on any atom is -0.495 e. The first-order valence-electron chi connectivity index (χ1n) is 11.4. The summed E-state index contributed by atoms with van der Waals surface area (Å²) >= 11 is 0. The summed E-state index contributed by atoms with van der Waals surface area (Å²) in [5.41, 5.74) is 4.88. The Bertz CT molecular complexity index is 739. The maximum Gasteiger partial charge on any atom is 0.156 e. The standard InChI is InChI=1S/C25H34O2/c1-16-20-12-13-25(2)23(10-11-24(25)27-19-6-4-3-5-7-19)22(20)14-17-8-9-18(26)15-21(16)17/h6,15,17,22-24H,3-5,7-14H2,1-2H3. The van der Waals surface area contributed by atoms with Crippen molar-refractivity contribution in [3.05, 3.63) is 34.6 Å². The number of hydrogen-bond acceptors (Lipinski definition) is 2. The van der Waals surface area contributed by atoms with E-state index in [-0.39, 0.29) is 0 Å². The van der Waals surface area contributed by atoms with Gasteiger partial charge < -0.3 is 4.74 Å². The molecule has 0 heterocycles. The molecule has 0 N–H and O–H groups in total. The molecular weight excluding hydrogens is 332 g/mol. The summed E-state index contributed by atoms with van der Waals surface area (Å²) in [6.07, 6.45) is 17.8. The molecule has 27 heavy (non-hydrogen) atoms. The number of ketones is 1. The lowest BCUT2D eigenvalue weighted by Crippen LogP contribution is -2.44. The second-order valence-corrected chi connectivity index (χ2v) is 10.0. The largest absolute Gasteiger partial charge is 0.495 e. The normalized spacial score (nSPS) is 41.3. The van der Waals surface area contributed by atoms with Gasteiger partial charge in [-0.15, -0.1) is 0 Å². The lowest BCUT2D eigenvalue weighted by Gasteiger charge is -2.50. The van der Waals surface area contributed by atoms with Crippen molar-refractivity contribution in [2.24, 2.45) is 23.2 Å². The molecule has 5 rings (SSSR count). The van der Waals surface area contributed by atoms with Crippen LogP contribution in [-0.4, -0.2) is 11.9 Å². The average Bonchev–Trinajstić information content (AvgIpc) is 3.00. The van der Waals surface area contributed by atoms with E-state index in [4.69, 9.17) is 4.74 Å². The first kappa shape index (κ1) is 17.8. The van der Waals surface area contributed by atoms with Crippen molar-refractivity contribution in [3.8, 4) is 0 Å². The van der Waals surface area contributed by atoms with Crippen LogP contribution >= 0.6 is 0 Å². The van der Waals surface area contributed by atoms with Gasteiger partial charge in [0, 0.05) is 18.3 Å². The van der Waals surface area contributed by atoms with Gasteiger partial charge in [-0.05, 0) is 106 Å². The molecule has 0 bridgehead atoms. The van der Waals surface area contributed by atoms with Crippen molar-refractivity contribution < 1.29 is 9.53 Å². The van der Waals surface area contributed by atoms with Gasteiger partial charge >= 0.3 is 0 Å². The summed E-state index contributed by atoms with van der Waals surface area (Å²) in [4.78, 5) is 12.0. The minimum absolute atomic E-state index is 0.332. The lowest BCUT2D eigenvalue weighted by atomic mass is 9.56. The smallest absolute Gasteiger partial charge is 0.156 e. The summed E-state index contributed by atoms with van der Waals surface area (Å²) in [6, 6.07) is 0. The van der Waals surface area contributed by atoms with Gasteiger partial charge in [0.25, 0.3) is 0 Å². The Labute approximate surface area is 164 Å². The van der Waals surface area contributed by atoms with Crippen LogP contribution in [0.5, 0.6) is 0 Å². The zero-order chi connectivity index (χ0) is 18.6. The number of carbonyl (C=O) groups is 1. The highest BCUT2D eigenvalue weighted by molar-refractivity contribution is 5.92. The number of hydrogen-bond donors (Lipinski definition) is 0. The maximum absolute atomic E-state index is 12.0. The first-order chi connectivity index (χ1) is 13.1. The number of ether oxygens (including phenoxy) is 1. The molecule has 5 aliphatic rings. The average molecular weight is 367 g/mol. The second-order valence-electron chi connectivity index (χ2n) is 10.0. The Hall–Kier alpha value is -1.31. The number of rotatable bonds is 2. The van der Waals surface area contributed by atoms with Crippen LogP contribution in [0.3, 0.4) is 0 Å². The van der Waals surface area contributed by atoms with E-state index < -0.39 is 0 Å². The third-order valence-corrected chi connectivity index (χ3v) is 8.68. The highest BCUT2D eigenvalue weighted by Crippen LogP contribution is 2.61. The topological polar surface area (TPSA) is 26.3 Å². The van der Waals surface area contributed by atoms with Gasteiger partial charge in [-0.1, -0.05) is 12.5 Å². The van der Waals surface area contributed by atoms with E-state index in [9.17, 15) is 4.79 Å². The number of carbonyl (C=O) groups excluding carboxylic acids is 1. The summed E-state index contributed by atoms with van der Waals surface area (Å²) in [5, 5.41) is 0. The van der Waals surface area contributed by atoms with Gasteiger partial charge in [0.1, 0.15) is 6.10 Å².